The highest BCUT2D eigenvalue weighted by molar-refractivity contribution is 7.98. The molecule has 3 rings (SSSR count). The van der Waals surface area contributed by atoms with Gasteiger partial charge in [-0.25, -0.2) is 0 Å². The van der Waals surface area contributed by atoms with Gasteiger partial charge >= 0.3 is 0 Å². The van der Waals surface area contributed by atoms with Gasteiger partial charge in [-0.1, -0.05) is 34.6 Å². The number of halogens is 1. The van der Waals surface area contributed by atoms with E-state index in [-0.39, 0.29) is 0 Å². The van der Waals surface area contributed by atoms with Crippen molar-refractivity contribution in [2.24, 2.45) is 0 Å². The van der Waals surface area contributed by atoms with Crippen LogP contribution in [0.15, 0.2) is 52.7 Å². The van der Waals surface area contributed by atoms with Gasteiger partial charge in [0.15, 0.2) is 11.0 Å². The Morgan fingerprint density at radius 3 is 2.74 bits per heavy atom. The van der Waals surface area contributed by atoms with Crippen LogP contribution >= 0.6 is 23.4 Å². The Labute approximate surface area is 143 Å². The molecule has 5 nitrogen and oxygen atoms in total. The molecule has 0 amide bonds. The van der Waals surface area contributed by atoms with Crippen molar-refractivity contribution in [3.63, 3.8) is 0 Å². The van der Waals surface area contributed by atoms with Crippen molar-refractivity contribution in [2.45, 2.75) is 24.4 Å². The number of aryl methyl sites for hydroxylation is 1. The van der Waals surface area contributed by atoms with Crippen LogP contribution in [0.4, 0.5) is 0 Å². The third-order valence-corrected chi connectivity index (χ3v) is 4.39. The molecule has 1 aromatic carbocycles. The number of rotatable bonds is 6. The normalized spacial score (nSPS) is 10.9. The van der Waals surface area contributed by atoms with E-state index in [1.165, 1.54) is 0 Å². The molecule has 118 valence electrons. The smallest absolute Gasteiger partial charge is 0.192 e. The Kier molecular flexibility index (Phi) is 4.83. The Balaban J connectivity index is 1.85. The summed E-state index contributed by atoms with van der Waals surface area (Å²) in [5.74, 6) is 2.25. The first-order valence-electron chi connectivity index (χ1n) is 7.02. The maximum Gasteiger partial charge on any atom is 0.192 e. The number of allylic oxidation sites excluding steroid dienone is 1. The topological polar surface area (TPSA) is 56.7 Å². The maximum atomic E-state index is 5.95. The molecule has 0 bridgehead atoms. The second-order valence-corrected chi connectivity index (χ2v) is 6.31. The Bertz CT molecular complexity index is 810. The van der Waals surface area contributed by atoms with Crippen molar-refractivity contribution in [1.82, 2.24) is 19.9 Å². The van der Waals surface area contributed by atoms with Gasteiger partial charge in [0.2, 0.25) is 0 Å². The lowest BCUT2D eigenvalue weighted by Crippen LogP contribution is -2.00. The molecule has 0 atom stereocenters. The van der Waals surface area contributed by atoms with Crippen LogP contribution in [-0.2, 0) is 12.3 Å². The van der Waals surface area contributed by atoms with Gasteiger partial charge in [0.05, 0.1) is 11.4 Å². The summed E-state index contributed by atoms with van der Waals surface area (Å²) in [4.78, 5) is 0. The number of thioether (sulfide) groups is 1. The molecular formula is C16H15ClN4OS. The molecule has 0 aliphatic heterocycles. The van der Waals surface area contributed by atoms with Gasteiger partial charge in [-0.3, -0.25) is 4.57 Å². The predicted octanol–water partition coefficient (Wildman–Crippen LogP) is 4.37. The largest absolute Gasteiger partial charge is 0.360 e. The average molecular weight is 347 g/mol. The molecule has 0 N–H and O–H groups in total. The Hall–Kier alpha value is -2.05. The summed E-state index contributed by atoms with van der Waals surface area (Å²) in [6, 6.07) is 9.46. The minimum absolute atomic E-state index is 0.628. The zero-order valence-electron chi connectivity index (χ0n) is 12.6. The standard InChI is InChI=1S/C16H15ClN4OS/c1-3-8-21-15(12-4-6-13(17)7-5-12)18-19-16(21)23-10-14-9-11(2)20-22-14/h3-7,9H,1,8,10H2,2H3. The molecule has 0 spiro atoms. The summed E-state index contributed by atoms with van der Waals surface area (Å²) < 4.78 is 7.25. The summed E-state index contributed by atoms with van der Waals surface area (Å²) in [6.07, 6.45) is 1.82. The third kappa shape index (κ3) is 3.65. The fourth-order valence-corrected chi connectivity index (χ4v) is 3.07. The molecule has 0 saturated carbocycles. The van der Waals surface area contributed by atoms with E-state index in [2.05, 4.69) is 21.9 Å². The molecule has 0 unspecified atom stereocenters. The second-order valence-electron chi connectivity index (χ2n) is 4.94. The monoisotopic (exact) mass is 346 g/mol. The van der Waals surface area contributed by atoms with E-state index in [0.717, 1.165) is 28.0 Å². The summed E-state index contributed by atoms with van der Waals surface area (Å²) in [5, 5.41) is 14.0. The van der Waals surface area contributed by atoms with Crippen molar-refractivity contribution in [2.75, 3.05) is 0 Å². The lowest BCUT2D eigenvalue weighted by molar-refractivity contribution is 0.391. The van der Waals surface area contributed by atoms with Gasteiger partial charge < -0.3 is 4.52 Å². The molecule has 3 aromatic rings. The van der Waals surface area contributed by atoms with Crippen LogP contribution < -0.4 is 0 Å². The van der Waals surface area contributed by atoms with Crippen LogP contribution in [0.25, 0.3) is 11.4 Å². The molecule has 7 heteroatoms. The number of aromatic nitrogens is 4. The third-order valence-electron chi connectivity index (χ3n) is 3.15. The minimum Gasteiger partial charge on any atom is -0.360 e. The first-order chi connectivity index (χ1) is 11.2. The van der Waals surface area contributed by atoms with Gasteiger partial charge in [0, 0.05) is 23.2 Å². The summed E-state index contributed by atoms with van der Waals surface area (Å²) in [7, 11) is 0. The van der Waals surface area contributed by atoms with E-state index in [9.17, 15) is 0 Å². The minimum atomic E-state index is 0.628. The molecule has 0 saturated heterocycles. The molecular weight excluding hydrogens is 332 g/mol. The fourth-order valence-electron chi connectivity index (χ4n) is 2.12. The highest BCUT2D eigenvalue weighted by Gasteiger charge is 2.14. The second kappa shape index (κ2) is 7.02. The van der Waals surface area contributed by atoms with Crippen molar-refractivity contribution in [1.29, 1.82) is 0 Å². The fraction of sp³-hybridized carbons (Fsp3) is 0.188. The summed E-state index contributed by atoms with van der Waals surface area (Å²) in [5.41, 5.74) is 1.83. The molecule has 0 aliphatic rings. The zero-order chi connectivity index (χ0) is 16.2. The summed E-state index contributed by atoms with van der Waals surface area (Å²) >= 11 is 7.50. The number of benzene rings is 1. The number of nitrogens with zero attached hydrogens (tertiary/aromatic N) is 4. The van der Waals surface area contributed by atoms with E-state index in [0.29, 0.717) is 17.3 Å². The van der Waals surface area contributed by atoms with Gasteiger partial charge in [0.25, 0.3) is 0 Å². The Morgan fingerprint density at radius 2 is 2.09 bits per heavy atom. The van der Waals surface area contributed by atoms with Crippen LogP contribution in [0.2, 0.25) is 5.02 Å². The van der Waals surface area contributed by atoms with Crippen LogP contribution in [0.3, 0.4) is 0 Å². The summed E-state index contributed by atoms with van der Waals surface area (Å²) in [6.45, 7) is 6.34. The lowest BCUT2D eigenvalue weighted by Gasteiger charge is -2.07. The molecule has 0 aliphatic carbocycles. The van der Waals surface area contributed by atoms with Crippen molar-refractivity contribution >= 4 is 23.4 Å². The highest BCUT2D eigenvalue weighted by Crippen LogP contribution is 2.27. The predicted molar refractivity (Wildman–Crippen MR) is 91.5 cm³/mol. The maximum absolute atomic E-state index is 5.95. The first kappa shape index (κ1) is 15.8. The molecule has 2 heterocycles. The van der Waals surface area contributed by atoms with E-state index >= 15 is 0 Å². The van der Waals surface area contributed by atoms with Crippen LogP contribution in [0.1, 0.15) is 11.5 Å². The van der Waals surface area contributed by atoms with Gasteiger partial charge in [-0.2, -0.15) is 0 Å². The van der Waals surface area contributed by atoms with Crippen molar-refractivity contribution in [3.8, 4) is 11.4 Å². The SMILES string of the molecule is C=CCn1c(SCc2cc(C)no2)nnc1-c1ccc(Cl)cc1. The highest BCUT2D eigenvalue weighted by atomic mass is 35.5. The molecule has 0 radical (unpaired) electrons. The van der Waals surface area contributed by atoms with Crippen LogP contribution in [0.5, 0.6) is 0 Å². The van der Waals surface area contributed by atoms with Crippen molar-refractivity contribution in [3.05, 3.63) is 59.5 Å². The van der Waals surface area contributed by atoms with Gasteiger partial charge in [-0.05, 0) is 31.2 Å². The van der Waals surface area contributed by atoms with E-state index in [4.69, 9.17) is 16.1 Å². The Morgan fingerprint density at radius 1 is 1.30 bits per heavy atom. The van der Waals surface area contributed by atoms with Crippen LogP contribution in [-0.4, -0.2) is 19.9 Å². The first-order valence-corrected chi connectivity index (χ1v) is 8.39. The molecule has 23 heavy (non-hydrogen) atoms. The van der Waals surface area contributed by atoms with Crippen molar-refractivity contribution < 1.29 is 4.52 Å². The number of hydrogen-bond acceptors (Lipinski definition) is 5. The quantitative estimate of drug-likeness (QED) is 0.490. The molecule has 2 aromatic heterocycles. The van der Waals surface area contributed by atoms with Gasteiger partial charge in [0.1, 0.15) is 5.76 Å². The van der Waals surface area contributed by atoms with E-state index in [1.54, 1.807) is 11.8 Å². The van der Waals surface area contributed by atoms with E-state index < -0.39 is 0 Å². The average Bonchev–Trinajstić information content (AvgIpc) is 3.13. The van der Waals surface area contributed by atoms with Gasteiger partial charge in [-0.15, -0.1) is 16.8 Å². The number of hydrogen-bond donors (Lipinski definition) is 0. The van der Waals surface area contributed by atoms with Crippen LogP contribution in [0, 0.1) is 6.92 Å². The molecule has 0 fully saturated rings. The van der Waals surface area contributed by atoms with E-state index in [1.807, 2.05) is 47.9 Å². The zero-order valence-corrected chi connectivity index (χ0v) is 14.1. The lowest BCUT2D eigenvalue weighted by atomic mass is 10.2.